The predicted octanol–water partition coefficient (Wildman–Crippen LogP) is 0.586. The van der Waals surface area contributed by atoms with Gasteiger partial charge in [0.1, 0.15) is 0 Å². The number of methoxy groups -OCH3 is 1. The monoisotopic (exact) mass is 144 g/mol. The summed E-state index contributed by atoms with van der Waals surface area (Å²) < 4.78 is 9.68. The number of esters is 1. The molecule has 1 fully saturated rings. The normalized spacial score (nSPS) is 26.1. The Labute approximate surface area is 60.3 Å². The van der Waals surface area contributed by atoms with Crippen LogP contribution in [0.2, 0.25) is 0 Å². The maximum Gasteiger partial charge on any atom is 0.306 e. The second-order valence-corrected chi connectivity index (χ2v) is 2.53. The largest absolute Gasteiger partial charge is 0.466 e. The van der Waals surface area contributed by atoms with Crippen LogP contribution in [0.15, 0.2) is 0 Å². The molecule has 0 aromatic carbocycles. The Balaban J connectivity index is 2.25. The van der Waals surface area contributed by atoms with E-state index in [9.17, 15) is 4.79 Å². The van der Waals surface area contributed by atoms with Gasteiger partial charge in [0, 0.05) is 13.7 Å². The van der Waals surface area contributed by atoms with E-state index >= 15 is 0 Å². The van der Waals surface area contributed by atoms with Crippen molar-refractivity contribution in [1.29, 1.82) is 0 Å². The highest BCUT2D eigenvalue weighted by Crippen LogP contribution is 2.15. The Morgan fingerprint density at radius 3 is 3.20 bits per heavy atom. The summed E-state index contributed by atoms with van der Waals surface area (Å²) in [7, 11) is 1.65. The van der Waals surface area contributed by atoms with Gasteiger partial charge in [-0.3, -0.25) is 4.79 Å². The van der Waals surface area contributed by atoms with Crippen LogP contribution in [-0.4, -0.2) is 26.3 Å². The van der Waals surface area contributed by atoms with Crippen molar-refractivity contribution < 1.29 is 14.3 Å². The molecular weight excluding hydrogens is 132 g/mol. The van der Waals surface area contributed by atoms with Gasteiger partial charge in [-0.05, 0) is 12.3 Å². The van der Waals surface area contributed by atoms with E-state index < -0.39 is 0 Å². The van der Waals surface area contributed by atoms with Crippen molar-refractivity contribution in [2.24, 2.45) is 5.92 Å². The Kier molecular flexibility index (Phi) is 2.68. The number of hydrogen-bond acceptors (Lipinski definition) is 3. The van der Waals surface area contributed by atoms with Gasteiger partial charge in [-0.1, -0.05) is 0 Å². The summed E-state index contributed by atoms with van der Waals surface area (Å²) in [6, 6.07) is 0. The van der Waals surface area contributed by atoms with Crippen molar-refractivity contribution in [2.75, 3.05) is 20.3 Å². The lowest BCUT2D eigenvalue weighted by Gasteiger charge is -2.19. The molecule has 1 aliphatic heterocycles. The molecule has 1 saturated heterocycles. The van der Waals surface area contributed by atoms with Gasteiger partial charge in [-0.15, -0.1) is 0 Å². The first kappa shape index (κ1) is 7.54. The van der Waals surface area contributed by atoms with E-state index in [0.29, 0.717) is 25.6 Å². The third kappa shape index (κ3) is 1.99. The number of hydrogen-bond donors (Lipinski definition) is 0. The van der Waals surface area contributed by atoms with Gasteiger partial charge >= 0.3 is 5.97 Å². The van der Waals surface area contributed by atoms with Crippen LogP contribution >= 0.6 is 0 Å². The minimum atomic E-state index is -0.0895. The summed E-state index contributed by atoms with van der Waals surface area (Å²) in [5.41, 5.74) is 0. The summed E-state index contributed by atoms with van der Waals surface area (Å²) in [6.07, 6.45) is 1.47. The van der Waals surface area contributed by atoms with Crippen LogP contribution in [0.1, 0.15) is 12.8 Å². The minimum absolute atomic E-state index is 0.0895. The van der Waals surface area contributed by atoms with Crippen molar-refractivity contribution in [3.63, 3.8) is 0 Å². The van der Waals surface area contributed by atoms with Gasteiger partial charge in [0.25, 0.3) is 0 Å². The van der Waals surface area contributed by atoms with Gasteiger partial charge in [0.15, 0.2) is 0 Å². The molecule has 3 nitrogen and oxygen atoms in total. The lowest BCUT2D eigenvalue weighted by atomic mass is 10.0. The van der Waals surface area contributed by atoms with Crippen LogP contribution in [0, 0.1) is 5.92 Å². The summed E-state index contributed by atoms with van der Waals surface area (Å²) in [5, 5.41) is 0. The highest BCUT2D eigenvalue weighted by Gasteiger charge is 2.19. The van der Waals surface area contributed by atoms with Crippen molar-refractivity contribution in [3.05, 3.63) is 0 Å². The molecule has 0 aliphatic carbocycles. The molecule has 0 amide bonds. The van der Waals surface area contributed by atoms with Crippen LogP contribution in [0.5, 0.6) is 0 Å². The predicted molar refractivity (Wildman–Crippen MR) is 35.6 cm³/mol. The molecule has 0 spiro atoms. The summed E-state index contributed by atoms with van der Waals surface area (Å²) in [5.74, 6) is 0.291. The maximum absolute atomic E-state index is 10.7. The van der Waals surface area contributed by atoms with E-state index in [2.05, 4.69) is 0 Å². The van der Waals surface area contributed by atoms with E-state index in [1.807, 2.05) is 0 Å². The van der Waals surface area contributed by atoms with Crippen LogP contribution in [0.25, 0.3) is 0 Å². The van der Waals surface area contributed by atoms with Crippen molar-refractivity contribution >= 4 is 5.97 Å². The number of cyclic esters (lactones) is 1. The molecule has 1 rings (SSSR count). The smallest absolute Gasteiger partial charge is 0.306 e. The molecule has 0 aromatic rings. The molecule has 1 unspecified atom stereocenters. The van der Waals surface area contributed by atoms with Crippen molar-refractivity contribution in [1.82, 2.24) is 0 Å². The first-order valence-electron chi connectivity index (χ1n) is 3.47. The number of carbonyl (C=O) groups is 1. The Morgan fingerprint density at radius 1 is 1.80 bits per heavy atom. The third-order valence-electron chi connectivity index (χ3n) is 1.65. The average molecular weight is 144 g/mol. The number of ether oxygens (including phenoxy) is 2. The fraction of sp³-hybridized carbons (Fsp3) is 0.857. The molecule has 0 radical (unpaired) electrons. The van der Waals surface area contributed by atoms with Crippen LogP contribution < -0.4 is 0 Å². The Bertz CT molecular complexity index is 120. The Morgan fingerprint density at radius 2 is 2.60 bits per heavy atom. The van der Waals surface area contributed by atoms with E-state index in [1.165, 1.54) is 0 Å². The quantitative estimate of drug-likeness (QED) is 0.532. The zero-order chi connectivity index (χ0) is 7.40. The van der Waals surface area contributed by atoms with Crippen LogP contribution in [-0.2, 0) is 14.3 Å². The van der Waals surface area contributed by atoms with Crippen LogP contribution in [0.3, 0.4) is 0 Å². The molecule has 1 atom stereocenters. The van der Waals surface area contributed by atoms with E-state index in [4.69, 9.17) is 9.47 Å². The molecular formula is C7H12O3. The summed E-state index contributed by atoms with van der Waals surface area (Å²) in [4.78, 5) is 10.7. The highest BCUT2D eigenvalue weighted by molar-refractivity contribution is 5.70. The van der Waals surface area contributed by atoms with Gasteiger partial charge in [0.2, 0.25) is 0 Å². The molecule has 3 heteroatoms. The maximum atomic E-state index is 10.7. The molecule has 0 bridgehead atoms. The van der Waals surface area contributed by atoms with E-state index in [-0.39, 0.29) is 5.97 Å². The summed E-state index contributed by atoms with van der Waals surface area (Å²) >= 11 is 0. The Hall–Kier alpha value is -0.570. The second kappa shape index (κ2) is 3.56. The molecule has 10 heavy (non-hydrogen) atoms. The standard InChI is InChI=1S/C7H12O3/c1-9-5-6-2-3-10-7(8)4-6/h6H,2-5H2,1H3. The lowest BCUT2D eigenvalue weighted by molar-refractivity contribution is -0.150. The fourth-order valence-corrected chi connectivity index (χ4v) is 1.11. The van der Waals surface area contributed by atoms with Crippen molar-refractivity contribution in [2.45, 2.75) is 12.8 Å². The number of carbonyl (C=O) groups excluding carboxylic acids is 1. The average Bonchev–Trinajstić information content (AvgIpc) is 1.88. The van der Waals surface area contributed by atoms with Gasteiger partial charge in [-0.25, -0.2) is 0 Å². The molecule has 1 heterocycles. The third-order valence-corrected chi connectivity index (χ3v) is 1.65. The summed E-state index contributed by atoms with van der Waals surface area (Å²) in [6.45, 7) is 1.24. The first-order chi connectivity index (χ1) is 4.83. The zero-order valence-corrected chi connectivity index (χ0v) is 6.13. The molecule has 0 N–H and O–H groups in total. The van der Waals surface area contributed by atoms with Gasteiger partial charge < -0.3 is 9.47 Å². The zero-order valence-electron chi connectivity index (χ0n) is 6.13. The molecule has 0 saturated carbocycles. The first-order valence-corrected chi connectivity index (χ1v) is 3.47. The van der Waals surface area contributed by atoms with Crippen molar-refractivity contribution in [3.8, 4) is 0 Å². The second-order valence-electron chi connectivity index (χ2n) is 2.53. The van der Waals surface area contributed by atoms with E-state index in [0.717, 1.165) is 6.42 Å². The van der Waals surface area contributed by atoms with Gasteiger partial charge in [-0.2, -0.15) is 0 Å². The molecule has 1 aliphatic rings. The fourth-order valence-electron chi connectivity index (χ4n) is 1.11. The molecule has 0 aromatic heterocycles. The van der Waals surface area contributed by atoms with E-state index in [1.54, 1.807) is 7.11 Å². The topological polar surface area (TPSA) is 35.5 Å². The minimum Gasteiger partial charge on any atom is -0.466 e. The van der Waals surface area contributed by atoms with Crippen LogP contribution in [0.4, 0.5) is 0 Å². The van der Waals surface area contributed by atoms with Gasteiger partial charge in [0.05, 0.1) is 13.0 Å². The molecule has 58 valence electrons. The lowest BCUT2D eigenvalue weighted by Crippen LogP contribution is -2.23. The highest BCUT2D eigenvalue weighted by atomic mass is 16.5. The SMILES string of the molecule is COCC1CCOC(=O)C1. The number of rotatable bonds is 2.